The predicted molar refractivity (Wildman–Crippen MR) is 69.2 cm³/mol. The van der Waals surface area contributed by atoms with E-state index in [0.29, 0.717) is 0 Å². The third-order valence-corrected chi connectivity index (χ3v) is 3.43. The van der Waals surface area contributed by atoms with Crippen LogP contribution in [0.4, 0.5) is 5.69 Å². The molecule has 1 aliphatic heterocycles. The van der Waals surface area contributed by atoms with Crippen molar-refractivity contribution < 1.29 is 0 Å². The van der Waals surface area contributed by atoms with Crippen LogP contribution >= 0.6 is 22.6 Å². The van der Waals surface area contributed by atoms with Gasteiger partial charge in [0.15, 0.2) is 0 Å². The maximum atomic E-state index is 3.37. The maximum absolute atomic E-state index is 3.37. The van der Waals surface area contributed by atoms with Gasteiger partial charge in [-0.2, -0.15) is 0 Å². The summed E-state index contributed by atoms with van der Waals surface area (Å²) in [6.45, 7) is 4.47. The van der Waals surface area contributed by atoms with E-state index in [1.54, 1.807) is 0 Å². The first-order valence-corrected chi connectivity index (χ1v) is 6.53. The van der Waals surface area contributed by atoms with E-state index in [1.807, 2.05) is 0 Å². The summed E-state index contributed by atoms with van der Waals surface area (Å²) in [6, 6.07) is 8.86. The second-order valence-corrected chi connectivity index (χ2v) is 4.30. The number of piperazine rings is 1. The van der Waals surface area contributed by atoms with E-state index in [2.05, 4.69) is 57.1 Å². The topological polar surface area (TPSA) is 15.3 Å². The SMILES string of the molecule is ICc1cccc(N2CCNCC2)c1. The van der Waals surface area contributed by atoms with E-state index in [4.69, 9.17) is 0 Å². The normalized spacial score (nSPS) is 17.1. The number of benzene rings is 1. The predicted octanol–water partition coefficient (Wildman–Crippen LogP) is 2.03. The molecule has 1 N–H and O–H groups in total. The van der Waals surface area contributed by atoms with Crippen LogP contribution in [0, 0.1) is 0 Å². The lowest BCUT2D eigenvalue weighted by atomic mass is 10.2. The molecule has 1 aromatic carbocycles. The molecule has 0 aromatic heterocycles. The number of halogens is 1. The molecule has 2 nitrogen and oxygen atoms in total. The Balaban J connectivity index is 2.13. The number of hydrogen-bond donors (Lipinski definition) is 1. The zero-order valence-corrected chi connectivity index (χ0v) is 10.3. The van der Waals surface area contributed by atoms with E-state index in [9.17, 15) is 0 Å². The minimum atomic E-state index is 1.09. The molecule has 1 aliphatic rings. The molecule has 0 amide bonds. The van der Waals surface area contributed by atoms with Gasteiger partial charge in [0.25, 0.3) is 0 Å². The van der Waals surface area contributed by atoms with Crippen LogP contribution in [0.1, 0.15) is 5.56 Å². The smallest absolute Gasteiger partial charge is 0.0370 e. The van der Waals surface area contributed by atoms with E-state index >= 15 is 0 Å². The van der Waals surface area contributed by atoms with Crippen LogP contribution in [0.2, 0.25) is 0 Å². The molecular formula is C11H15IN2. The first kappa shape index (κ1) is 10.2. The zero-order chi connectivity index (χ0) is 9.80. The molecule has 0 unspecified atom stereocenters. The van der Waals surface area contributed by atoms with Crippen molar-refractivity contribution in [3.8, 4) is 0 Å². The average Bonchev–Trinajstić information content (AvgIpc) is 2.30. The van der Waals surface area contributed by atoms with Crippen molar-refractivity contribution in [3.05, 3.63) is 29.8 Å². The fourth-order valence-electron chi connectivity index (χ4n) is 1.76. The van der Waals surface area contributed by atoms with Gasteiger partial charge in [-0.3, -0.25) is 0 Å². The molecule has 1 heterocycles. The molecule has 0 saturated carbocycles. The molecule has 1 aromatic rings. The van der Waals surface area contributed by atoms with Crippen molar-refractivity contribution >= 4 is 28.3 Å². The monoisotopic (exact) mass is 302 g/mol. The van der Waals surface area contributed by atoms with E-state index in [-0.39, 0.29) is 0 Å². The molecule has 0 atom stereocenters. The van der Waals surface area contributed by atoms with Gasteiger partial charge in [-0.25, -0.2) is 0 Å². The summed E-state index contributed by atoms with van der Waals surface area (Å²) >= 11 is 2.41. The highest BCUT2D eigenvalue weighted by molar-refractivity contribution is 14.1. The van der Waals surface area contributed by atoms with Gasteiger partial charge in [-0.05, 0) is 17.7 Å². The van der Waals surface area contributed by atoms with Crippen molar-refractivity contribution in [1.29, 1.82) is 0 Å². The summed E-state index contributed by atoms with van der Waals surface area (Å²) in [7, 11) is 0. The van der Waals surface area contributed by atoms with Crippen LogP contribution in [-0.2, 0) is 4.43 Å². The van der Waals surface area contributed by atoms with Crippen LogP contribution in [0.25, 0.3) is 0 Å². The van der Waals surface area contributed by atoms with Gasteiger partial charge in [0, 0.05) is 36.3 Å². The summed E-state index contributed by atoms with van der Waals surface area (Å²) in [5.41, 5.74) is 2.79. The Hall–Kier alpha value is -0.290. The molecule has 3 heteroatoms. The Labute approximate surface area is 98.8 Å². The Bertz CT molecular complexity index is 295. The van der Waals surface area contributed by atoms with Crippen LogP contribution in [-0.4, -0.2) is 26.2 Å². The van der Waals surface area contributed by atoms with E-state index in [1.165, 1.54) is 11.3 Å². The standard InChI is InChI=1S/C11H15IN2/c12-9-10-2-1-3-11(8-10)14-6-4-13-5-7-14/h1-3,8,13H,4-7,9H2. The lowest BCUT2D eigenvalue weighted by Crippen LogP contribution is -2.43. The minimum absolute atomic E-state index is 1.09. The van der Waals surface area contributed by atoms with Gasteiger partial charge in [-0.1, -0.05) is 34.7 Å². The molecular weight excluding hydrogens is 287 g/mol. The Morgan fingerprint density at radius 1 is 1.29 bits per heavy atom. The molecule has 2 rings (SSSR count). The molecule has 1 saturated heterocycles. The number of rotatable bonds is 2. The van der Waals surface area contributed by atoms with Gasteiger partial charge >= 0.3 is 0 Å². The van der Waals surface area contributed by atoms with Crippen molar-refractivity contribution in [2.75, 3.05) is 31.1 Å². The summed E-state index contributed by atoms with van der Waals surface area (Å²) in [6.07, 6.45) is 0. The largest absolute Gasteiger partial charge is 0.369 e. The van der Waals surface area contributed by atoms with Crippen molar-refractivity contribution in [2.45, 2.75) is 4.43 Å². The van der Waals surface area contributed by atoms with E-state index in [0.717, 1.165) is 30.6 Å². The lowest BCUT2D eigenvalue weighted by Gasteiger charge is -2.29. The molecule has 0 aliphatic carbocycles. The van der Waals surface area contributed by atoms with Gasteiger partial charge in [0.2, 0.25) is 0 Å². The second kappa shape index (κ2) is 4.98. The number of anilines is 1. The maximum Gasteiger partial charge on any atom is 0.0370 e. The van der Waals surface area contributed by atoms with Crippen LogP contribution < -0.4 is 10.2 Å². The van der Waals surface area contributed by atoms with Gasteiger partial charge < -0.3 is 10.2 Å². The number of alkyl halides is 1. The molecule has 0 spiro atoms. The summed E-state index contributed by atoms with van der Waals surface area (Å²) < 4.78 is 1.09. The summed E-state index contributed by atoms with van der Waals surface area (Å²) in [5.74, 6) is 0. The highest BCUT2D eigenvalue weighted by Gasteiger charge is 2.09. The fraction of sp³-hybridized carbons (Fsp3) is 0.455. The van der Waals surface area contributed by atoms with Crippen LogP contribution in [0.5, 0.6) is 0 Å². The summed E-state index contributed by atoms with van der Waals surface area (Å²) in [4.78, 5) is 2.45. The fourth-order valence-corrected chi connectivity index (χ4v) is 2.23. The number of hydrogen-bond acceptors (Lipinski definition) is 2. The molecule has 0 bridgehead atoms. The third kappa shape index (κ3) is 2.39. The van der Waals surface area contributed by atoms with Crippen LogP contribution in [0.3, 0.4) is 0 Å². The Kier molecular flexibility index (Phi) is 3.64. The Morgan fingerprint density at radius 2 is 2.07 bits per heavy atom. The third-order valence-electron chi connectivity index (χ3n) is 2.55. The molecule has 14 heavy (non-hydrogen) atoms. The van der Waals surface area contributed by atoms with Gasteiger partial charge in [0.1, 0.15) is 0 Å². The van der Waals surface area contributed by atoms with Crippen molar-refractivity contribution in [2.24, 2.45) is 0 Å². The first-order chi connectivity index (χ1) is 6.90. The number of nitrogens with one attached hydrogen (secondary N) is 1. The van der Waals surface area contributed by atoms with Crippen LogP contribution in [0.15, 0.2) is 24.3 Å². The summed E-state index contributed by atoms with van der Waals surface area (Å²) in [5, 5.41) is 3.37. The molecule has 76 valence electrons. The second-order valence-electron chi connectivity index (χ2n) is 3.54. The zero-order valence-electron chi connectivity index (χ0n) is 8.17. The van der Waals surface area contributed by atoms with E-state index < -0.39 is 0 Å². The molecule has 1 fully saturated rings. The first-order valence-electron chi connectivity index (χ1n) is 5.01. The van der Waals surface area contributed by atoms with Crippen molar-refractivity contribution in [1.82, 2.24) is 5.32 Å². The highest BCUT2D eigenvalue weighted by atomic mass is 127. The van der Waals surface area contributed by atoms with Gasteiger partial charge in [-0.15, -0.1) is 0 Å². The Morgan fingerprint density at radius 3 is 2.79 bits per heavy atom. The lowest BCUT2D eigenvalue weighted by molar-refractivity contribution is 0.589. The highest BCUT2D eigenvalue weighted by Crippen LogP contribution is 2.18. The van der Waals surface area contributed by atoms with Gasteiger partial charge in [0.05, 0.1) is 0 Å². The quantitative estimate of drug-likeness (QED) is 0.664. The van der Waals surface area contributed by atoms with Crippen molar-refractivity contribution in [3.63, 3.8) is 0 Å². The molecule has 0 radical (unpaired) electrons. The minimum Gasteiger partial charge on any atom is -0.369 e. The number of nitrogens with zero attached hydrogens (tertiary/aromatic N) is 1. The average molecular weight is 302 g/mol.